The molecule has 7 nitrogen and oxygen atoms in total. The van der Waals surface area contributed by atoms with Crippen LogP contribution in [0.1, 0.15) is 43.3 Å². The zero-order valence-corrected chi connectivity index (χ0v) is 17.9. The average molecular weight is 398 g/mol. The second kappa shape index (κ2) is 7.86. The number of hydrogen-bond donors (Lipinski definition) is 0. The molecule has 2 aliphatic heterocycles. The molecule has 0 N–H and O–H groups in total. The summed E-state index contributed by atoms with van der Waals surface area (Å²) in [6.07, 6.45) is 7.46. The number of likely N-dealkylation sites (tertiary alicyclic amines) is 2. The lowest BCUT2D eigenvalue weighted by molar-refractivity contribution is -0.142. The molecule has 0 spiro atoms. The van der Waals surface area contributed by atoms with Gasteiger partial charge in [0.1, 0.15) is 5.76 Å². The highest BCUT2D eigenvalue weighted by atomic mass is 16.5. The van der Waals surface area contributed by atoms with Gasteiger partial charge in [-0.05, 0) is 65.6 Å². The number of carbonyl (C=O) groups is 1. The number of amides is 1. The molecule has 0 radical (unpaired) electrons. The summed E-state index contributed by atoms with van der Waals surface area (Å²) >= 11 is 0. The van der Waals surface area contributed by atoms with Gasteiger partial charge in [-0.3, -0.25) is 14.8 Å². The predicted molar refractivity (Wildman–Crippen MR) is 110 cm³/mol. The predicted octanol–water partition coefficient (Wildman–Crippen LogP) is 2.87. The Morgan fingerprint density at radius 3 is 2.59 bits per heavy atom. The number of aryl methyl sites for hydroxylation is 2. The van der Waals surface area contributed by atoms with Crippen molar-refractivity contribution in [1.29, 1.82) is 0 Å². The summed E-state index contributed by atoms with van der Waals surface area (Å²) in [5, 5.41) is 3.99. The molecule has 156 valence electrons. The van der Waals surface area contributed by atoms with Crippen LogP contribution in [0.2, 0.25) is 0 Å². The zero-order chi connectivity index (χ0) is 20.6. The molecular weight excluding hydrogens is 366 g/mol. The van der Waals surface area contributed by atoms with E-state index in [0.29, 0.717) is 11.8 Å². The van der Waals surface area contributed by atoms with Crippen molar-refractivity contribution >= 4 is 5.91 Å². The quantitative estimate of drug-likeness (QED) is 0.790. The average Bonchev–Trinajstić information content (AvgIpc) is 3.31. The van der Waals surface area contributed by atoms with E-state index in [0.717, 1.165) is 80.3 Å². The van der Waals surface area contributed by atoms with E-state index in [1.165, 1.54) is 0 Å². The topological polar surface area (TPSA) is 75.4 Å². The summed E-state index contributed by atoms with van der Waals surface area (Å²) in [5.74, 6) is 1.55. The van der Waals surface area contributed by atoms with E-state index in [-0.39, 0.29) is 5.41 Å². The summed E-state index contributed by atoms with van der Waals surface area (Å²) < 4.78 is 5.23. The van der Waals surface area contributed by atoms with Crippen molar-refractivity contribution in [3.8, 4) is 11.3 Å². The number of piperidine rings is 1. The van der Waals surface area contributed by atoms with Crippen LogP contribution in [0.15, 0.2) is 16.9 Å². The lowest BCUT2D eigenvalue weighted by Gasteiger charge is -2.39. The normalized spacial score (nSPS) is 22.2. The van der Waals surface area contributed by atoms with Gasteiger partial charge in [-0.15, -0.1) is 0 Å². The number of carbonyl (C=O) groups excluding carboxylic acids is 1. The first-order chi connectivity index (χ1) is 13.9. The van der Waals surface area contributed by atoms with Crippen LogP contribution in [0, 0.1) is 25.2 Å². The van der Waals surface area contributed by atoms with Gasteiger partial charge >= 0.3 is 0 Å². The second-order valence-corrected chi connectivity index (χ2v) is 9.07. The maximum absolute atomic E-state index is 13.1. The molecule has 2 aromatic heterocycles. The van der Waals surface area contributed by atoms with Crippen molar-refractivity contribution in [3.05, 3.63) is 29.5 Å². The minimum absolute atomic E-state index is 0.197. The Kier molecular flexibility index (Phi) is 5.42. The standard InChI is InChI=1S/C22H31N5O2/c1-15-20(16(2)29-25-15)19-13-23-18(12-24-19)11-17-5-8-27(14-17)21(28)22(3)6-9-26(4)10-7-22/h12-13,17H,5-11,14H2,1-4H3. The van der Waals surface area contributed by atoms with Crippen molar-refractivity contribution in [2.75, 3.05) is 33.2 Å². The van der Waals surface area contributed by atoms with Crippen molar-refractivity contribution < 1.29 is 9.32 Å². The van der Waals surface area contributed by atoms with Gasteiger partial charge in [0.2, 0.25) is 5.91 Å². The second-order valence-electron chi connectivity index (χ2n) is 9.07. The maximum Gasteiger partial charge on any atom is 0.228 e. The molecular formula is C22H31N5O2. The van der Waals surface area contributed by atoms with Crippen LogP contribution in [0.25, 0.3) is 11.3 Å². The molecule has 2 aliphatic rings. The molecule has 1 amide bonds. The van der Waals surface area contributed by atoms with E-state index < -0.39 is 0 Å². The van der Waals surface area contributed by atoms with Crippen molar-refractivity contribution in [2.45, 2.75) is 46.5 Å². The minimum Gasteiger partial charge on any atom is -0.361 e. The van der Waals surface area contributed by atoms with Crippen LogP contribution < -0.4 is 0 Å². The van der Waals surface area contributed by atoms with E-state index in [2.05, 4.69) is 38.9 Å². The summed E-state index contributed by atoms with van der Waals surface area (Å²) in [6, 6.07) is 0. The maximum atomic E-state index is 13.1. The van der Waals surface area contributed by atoms with E-state index in [9.17, 15) is 4.79 Å². The van der Waals surface area contributed by atoms with Crippen LogP contribution in [-0.2, 0) is 11.2 Å². The first-order valence-electron chi connectivity index (χ1n) is 10.6. The zero-order valence-electron chi connectivity index (χ0n) is 17.9. The minimum atomic E-state index is -0.197. The summed E-state index contributed by atoms with van der Waals surface area (Å²) in [7, 11) is 2.13. The molecule has 0 aliphatic carbocycles. The molecule has 0 aromatic carbocycles. The smallest absolute Gasteiger partial charge is 0.228 e. The van der Waals surface area contributed by atoms with E-state index in [1.807, 2.05) is 20.0 Å². The van der Waals surface area contributed by atoms with Crippen LogP contribution in [0.4, 0.5) is 0 Å². The highest BCUT2D eigenvalue weighted by molar-refractivity contribution is 5.82. The first kappa shape index (κ1) is 20.0. The van der Waals surface area contributed by atoms with Crippen molar-refractivity contribution in [3.63, 3.8) is 0 Å². The fraction of sp³-hybridized carbons (Fsp3) is 0.636. The van der Waals surface area contributed by atoms with E-state index in [1.54, 1.807) is 6.20 Å². The Labute approximate surface area is 172 Å². The molecule has 0 saturated carbocycles. The van der Waals surface area contributed by atoms with Crippen LogP contribution in [0.5, 0.6) is 0 Å². The highest BCUT2D eigenvalue weighted by Gasteiger charge is 2.40. The molecule has 4 heterocycles. The van der Waals surface area contributed by atoms with Crippen LogP contribution in [0.3, 0.4) is 0 Å². The summed E-state index contributed by atoms with van der Waals surface area (Å²) in [5.41, 5.74) is 3.33. The molecule has 1 unspecified atom stereocenters. The van der Waals surface area contributed by atoms with Gasteiger partial charge in [0, 0.05) is 24.7 Å². The molecule has 2 saturated heterocycles. The third-order valence-corrected chi connectivity index (χ3v) is 6.67. The molecule has 2 fully saturated rings. The van der Waals surface area contributed by atoms with Crippen molar-refractivity contribution in [2.24, 2.45) is 11.3 Å². The molecule has 2 aromatic rings. The van der Waals surface area contributed by atoms with Gasteiger partial charge < -0.3 is 14.3 Å². The highest BCUT2D eigenvalue weighted by Crippen LogP contribution is 2.35. The third kappa shape index (κ3) is 4.06. The molecule has 29 heavy (non-hydrogen) atoms. The Morgan fingerprint density at radius 1 is 1.21 bits per heavy atom. The largest absolute Gasteiger partial charge is 0.361 e. The number of aromatic nitrogens is 3. The SMILES string of the molecule is Cc1noc(C)c1-c1cnc(CC2CCN(C(=O)C3(C)CCN(C)CC3)C2)cn1. The van der Waals surface area contributed by atoms with Gasteiger partial charge in [-0.1, -0.05) is 12.1 Å². The monoisotopic (exact) mass is 397 g/mol. The number of nitrogens with zero attached hydrogens (tertiary/aromatic N) is 5. The third-order valence-electron chi connectivity index (χ3n) is 6.67. The van der Waals surface area contributed by atoms with E-state index >= 15 is 0 Å². The van der Waals surface area contributed by atoms with Gasteiger partial charge in [-0.25, -0.2) is 0 Å². The van der Waals surface area contributed by atoms with Gasteiger partial charge in [0.25, 0.3) is 0 Å². The first-order valence-corrected chi connectivity index (χ1v) is 10.6. The molecule has 0 bridgehead atoms. The summed E-state index contributed by atoms with van der Waals surface area (Å²) in [4.78, 5) is 26.7. The Balaban J connectivity index is 1.36. The summed E-state index contributed by atoms with van der Waals surface area (Å²) in [6.45, 7) is 9.65. The number of hydrogen-bond acceptors (Lipinski definition) is 6. The fourth-order valence-electron chi connectivity index (χ4n) is 4.63. The Hall–Kier alpha value is -2.28. The fourth-order valence-corrected chi connectivity index (χ4v) is 4.63. The van der Waals surface area contributed by atoms with Crippen LogP contribution >= 0.6 is 0 Å². The molecule has 1 atom stereocenters. The Morgan fingerprint density at radius 2 is 1.97 bits per heavy atom. The van der Waals surface area contributed by atoms with Gasteiger partial charge in [0.05, 0.1) is 28.8 Å². The number of rotatable bonds is 4. The van der Waals surface area contributed by atoms with Crippen LogP contribution in [-0.4, -0.2) is 64.1 Å². The van der Waals surface area contributed by atoms with Gasteiger partial charge in [0.15, 0.2) is 0 Å². The lowest BCUT2D eigenvalue weighted by atomic mass is 9.79. The molecule has 7 heteroatoms. The van der Waals surface area contributed by atoms with Gasteiger partial charge in [-0.2, -0.15) is 0 Å². The van der Waals surface area contributed by atoms with Crippen molar-refractivity contribution in [1.82, 2.24) is 24.9 Å². The Bertz CT molecular complexity index is 848. The molecule has 4 rings (SSSR count). The lowest BCUT2D eigenvalue weighted by Crippen LogP contribution is -2.47. The van der Waals surface area contributed by atoms with E-state index in [4.69, 9.17) is 4.52 Å².